The van der Waals surface area contributed by atoms with E-state index in [4.69, 9.17) is 16.3 Å². The highest BCUT2D eigenvalue weighted by molar-refractivity contribution is 8.00. The summed E-state index contributed by atoms with van der Waals surface area (Å²) in [5.41, 5.74) is 2.95. The standard InChI is InChI=1S/C21H17ClN4O2S/c1-28-17-7-5-16(6-8-17)26-24-19-11-4-15(12-20(19)25-26)23-21(27)13-29-18-9-2-14(22)3-10-18/h2-12H,13H2,1H3,(H,23,27). The van der Waals surface area contributed by atoms with Crippen LogP contribution in [0.4, 0.5) is 5.69 Å². The SMILES string of the molecule is COc1ccc(-n2nc3ccc(NC(=O)CSc4ccc(Cl)cc4)cc3n2)cc1. The van der Waals surface area contributed by atoms with E-state index in [1.54, 1.807) is 11.9 Å². The number of thioether (sulfide) groups is 1. The molecule has 0 aliphatic heterocycles. The predicted molar refractivity (Wildman–Crippen MR) is 116 cm³/mol. The fraction of sp³-hybridized carbons (Fsp3) is 0.0952. The van der Waals surface area contributed by atoms with Gasteiger partial charge in [-0.1, -0.05) is 11.6 Å². The number of nitrogens with zero attached hydrogens (tertiary/aromatic N) is 3. The number of benzene rings is 3. The average molecular weight is 425 g/mol. The number of carbonyl (C=O) groups is 1. The van der Waals surface area contributed by atoms with Gasteiger partial charge in [-0.3, -0.25) is 4.79 Å². The van der Waals surface area contributed by atoms with Crippen molar-refractivity contribution in [3.63, 3.8) is 0 Å². The molecule has 0 aliphatic carbocycles. The van der Waals surface area contributed by atoms with Crippen molar-refractivity contribution >= 4 is 46.0 Å². The monoisotopic (exact) mass is 424 g/mol. The number of methoxy groups -OCH3 is 1. The zero-order valence-electron chi connectivity index (χ0n) is 15.5. The van der Waals surface area contributed by atoms with Gasteiger partial charge in [-0.05, 0) is 66.7 Å². The van der Waals surface area contributed by atoms with Gasteiger partial charge in [-0.2, -0.15) is 4.80 Å². The molecule has 0 spiro atoms. The van der Waals surface area contributed by atoms with Crippen molar-refractivity contribution in [1.82, 2.24) is 15.0 Å². The maximum Gasteiger partial charge on any atom is 0.234 e. The summed E-state index contributed by atoms with van der Waals surface area (Å²) in [6, 6.07) is 20.3. The Balaban J connectivity index is 1.44. The Bertz CT molecular complexity index is 1140. The van der Waals surface area contributed by atoms with Gasteiger partial charge in [0.2, 0.25) is 5.91 Å². The maximum absolute atomic E-state index is 12.3. The molecule has 29 heavy (non-hydrogen) atoms. The van der Waals surface area contributed by atoms with Gasteiger partial charge in [0.1, 0.15) is 16.8 Å². The molecule has 0 saturated heterocycles. The Morgan fingerprint density at radius 1 is 1.03 bits per heavy atom. The first kappa shape index (κ1) is 19.3. The minimum Gasteiger partial charge on any atom is -0.497 e. The van der Waals surface area contributed by atoms with E-state index >= 15 is 0 Å². The minimum absolute atomic E-state index is 0.0909. The van der Waals surface area contributed by atoms with Gasteiger partial charge >= 0.3 is 0 Å². The molecule has 1 heterocycles. The second kappa shape index (κ2) is 8.55. The van der Waals surface area contributed by atoms with Crippen LogP contribution >= 0.6 is 23.4 Å². The molecule has 146 valence electrons. The van der Waals surface area contributed by atoms with E-state index < -0.39 is 0 Å². The van der Waals surface area contributed by atoms with Crippen molar-refractivity contribution < 1.29 is 9.53 Å². The molecule has 0 bridgehead atoms. The lowest BCUT2D eigenvalue weighted by molar-refractivity contribution is -0.113. The average Bonchev–Trinajstić information content (AvgIpc) is 3.17. The third-order valence-corrected chi connectivity index (χ3v) is 5.42. The van der Waals surface area contributed by atoms with Crippen LogP contribution in [0, 0.1) is 0 Å². The van der Waals surface area contributed by atoms with Crippen LogP contribution in [-0.2, 0) is 4.79 Å². The molecule has 4 rings (SSSR count). The summed E-state index contributed by atoms with van der Waals surface area (Å²) in [6.07, 6.45) is 0. The van der Waals surface area contributed by atoms with E-state index in [-0.39, 0.29) is 5.91 Å². The molecule has 0 radical (unpaired) electrons. The number of anilines is 1. The summed E-state index contributed by atoms with van der Waals surface area (Å²) in [5, 5.41) is 12.6. The molecule has 0 aliphatic rings. The molecule has 1 aromatic heterocycles. The lowest BCUT2D eigenvalue weighted by atomic mass is 10.3. The summed E-state index contributed by atoms with van der Waals surface area (Å²) in [4.78, 5) is 14.8. The highest BCUT2D eigenvalue weighted by atomic mass is 35.5. The Morgan fingerprint density at radius 3 is 2.48 bits per heavy atom. The molecular weight excluding hydrogens is 408 g/mol. The summed E-state index contributed by atoms with van der Waals surface area (Å²) < 4.78 is 5.17. The molecule has 0 unspecified atom stereocenters. The van der Waals surface area contributed by atoms with Gasteiger partial charge in [-0.25, -0.2) is 0 Å². The van der Waals surface area contributed by atoms with E-state index in [2.05, 4.69) is 15.5 Å². The summed E-state index contributed by atoms with van der Waals surface area (Å²) >= 11 is 7.33. The highest BCUT2D eigenvalue weighted by Crippen LogP contribution is 2.22. The van der Waals surface area contributed by atoms with Crippen LogP contribution in [0.5, 0.6) is 5.75 Å². The van der Waals surface area contributed by atoms with Crippen LogP contribution in [0.25, 0.3) is 16.7 Å². The second-order valence-corrected chi connectivity index (χ2v) is 7.67. The molecule has 1 amide bonds. The molecule has 6 nitrogen and oxygen atoms in total. The first-order valence-electron chi connectivity index (χ1n) is 8.80. The lowest BCUT2D eigenvalue weighted by Gasteiger charge is -2.05. The van der Waals surface area contributed by atoms with Gasteiger partial charge in [0, 0.05) is 15.6 Å². The molecule has 0 atom stereocenters. The Kier molecular flexibility index (Phi) is 5.69. The topological polar surface area (TPSA) is 69.0 Å². The number of hydrogen-bond donors (Lipinski definition) is 1. The fourth-order valence-electron chi connectivity index (χ4n) is 2.70. The summed E-state index contributed by atoms with van der Waals surface area (Å²) in [7, 11) is 1.62. The summed E-state index contributed by atoms with van der Waals surface area (Å²) in [6.45, 7) is 0. The third kappa shape index (κ3) is 4.70. The van der Waals surface area contributed by atoms with Gasteiger partial charge in [0.25, 0.3) is 0 Å². The predicted octanol–water partition coefficient (Wildman–Crippen LogP) is 4.81. The number of nitrogens with one attached hydrogen (secondary N) is 1. The number of rotatable bonds is 6. The van der Waals surface area contributed by atoms with Crippen molar-refractivity contribution in [1.29, 1.82) is 0 Å². The molecule has 1 N–H and O–H groups in total. The largest absolute Gasteiger partial charge is 0.497 e. The Hall–Kier alpha value is -3.03. The van der Waals surface area contributed by atoms with E-state index in [0.29, 0.717) is 22.0 Å². The maximum atomic E-state index is 12.3. The number of fused-ring (bicyclic) bond motifs is 1. The van der Waals surface area contributed by atoms with Crippen molar-refractivity contribution in [3.8, 4) is 11.4 Å². The summed E-state index contributed by atoms with van der Waals surface area (Å²) in [5.74, 6) is 0.983. The van der Waals surface area contributed by atoms with Crippen molar-refractivity contribution in [3.05, 3.63) is 71.8 Å². The number of aromatic nitrogens is 3. The third-order valence-electron chi connectivity index (χ3n) is 4.15. The normalized spacial score (nSPS) is 10.8. The number of amides is 1. The smallest absolute Gasteiger partial charge is 0.234 e. The van der Waals surface area contributed by atoms with E-state index in [0.717, 1.165) is 21.8 Å². The van der Waals surface area contributed by atoms with Gasteiger partial charge < -0.3 is 10.1 Å². The molecular formula is C21H17ClN4O2S. The first-order valence-corrected chi connectivity index (χ1v) is 10.2. The van der Waals surface area contributed by atoms with Crippen molar-refractivity contribution in [2.24, 2.45) is 0 Å². The van der Waals surface area contributed by atoms with Crippen LogP contribution in [0.15, 0.2) is 71.6 Å². The zero-order chi connectivity index (χ0) is 20.2. The van der Waals surface area contributed by atoms with Gasteiger partial charge in [0.05, 0.1) is 18.6 Å². The van der Waals surface area contributed by atoms with E-state index in [1.165, 1.54) is 11.8 Å². The molecule has 3 aromatic carbocycles. The van der Waals surface area contributed by atoms with Gasteiger partial charge in [0.15, 0.2) is 0 Å². The number of halogens is 1. The highest BCUT2D eigenvalue weighted by Gasteiger charge is 2.08. The molecule has 0 fully saturated rings. The second-order valence-electron chi connectivity index (χ2n) is 6.18. The van der Waals surface area contributed by atoms with E-state index in [1.807, 2.05) is 66.7 Å². The number of hydrogen-bond acceptors (Lipinski definition) is 5. The number of carbonyl (C=O) groups excluding carboxylic acids is 1. The van der Waals surface area contributed by atoms with Crippen LogP contribution in [-0.4, -0.2) is 33.8 Å². The van der Waals surface area contributed by atoms with Crippen LogP contribution in [0.3, 0.4) is 0 Å². The van der Waals surface area contributed by atoms with E-state index in [9.17, 15) is 4.79 Å². The van der Waals surface area contributed by atoms with Crippen molar-refractivity contribution in [2.75, 3.05) is 18.2 Å². The van der Waals surface area contributed by atoms with Crippen LogP contribution < -0.4 is 10.1 Å². The van der Waals surface area contributed by atoms with Crippen LogP contribution in [0.2, 0.25) is 5.02 Å². The molecule has 4 aromatic rings. The zero-order valence-corrected chi connectivity index (χ0v) is 17.1. The van der Waals surface area contributed by atoms with Crippen LogP contribution in [0.1, 0.15) is 0 Å². The molecule has 8 heteroatoms. The Morgan fingerprint density at radius 2 is 1.76 bits per heavy atom. The quantitative estimate of drug-likeness (QED) is 0.450. The fourth-order valence-corrected chi connectivity index (χ4v) is 3.52. The minimum atomic E-state index is -0.0909. The molecule has 0 saturated carbocycles. The van der Waals surface area contributed by atoms with Crippen molar-refractivity contribution in [2.45, 2.75) is 4.90 Å². The van der Waals surface area contributed by atoms with Gasteiger partial charge in [-0.15, -0.1) is 22.0 Å². The lowest BCUT2D eigenvalue weighted by Crippen LogP contribution is -2.13. The Labute approximate surface area is 176 Å². The number of ether oxygens (including phenoxy) is 1. The first-order chi connectivity index (χ1) is 14.1.